The summed E-state index contributed by atoms with van der Waals surface area (Å²) < 4.78 is 5.58. The molecule has 0 heterocycles. The Hall–Kier alpha value is -3.07. The maximum Gasteiger partial charge on any atom is 0.347 e. The summed E-state index contributed by atoms with van der Waals surface area (Å²) in [6, 6.07) is 28.9. The van der Waals surface area contributed by atoms with Crippen molar-refractivity contribution in [1.82, 2.24) is 0 Å². The van der Waals surface area contributed by atoms with Gasteiger partial charge in [0.1, 0.15) is 5.75 Å². The molecule has 3 aromatic carbocycles. The zero-order valence-corrected chi connectivity index (χ0v) is 16.3. The quantitative estimate of drug-likeness (QED) is 0.551. The van der Waals surface area contributed by atoms with Gasteiger partial charge in [-0.15, -0.1) is 0 Å². The summed E-state index contributed by atoms with van der Waals surface area (Å²) in [6.45, 7) is 3.10. The first kappa shape index (κ1) is 19.7. The highest BCUT2D eigenvalue weighted by Crippen LogP contribution is 2.29. The second kappa shape index (κ2) is 8.75. The van der Waals surface area contributed by atoms with Crippen LogP contribution in [-0.2, 0) is 11.2 Å². The number of ether oxygens (including phenoxy) is 1. The summed E-state index contributed by atoms with van der Waals surface area (Å²) in [5.74, 6) is -0.0757. The van der Waals surface area contributed by atoms with E-state index in [1.54, 1.807) is 13.8 Å². The van der Waals surface area contributed by atoms with E-state index >= 15 is 0 Å². The molecular weight excluding hydrogens is 348 g/mol. The molecule has 0 bridgehead atoms. The lowest BCUT2D eigenvalue weighted by Gasteiger charge is -2.21. The number of carbonyl (C=O) groups is 1. The average Bonchev–Trinajstić information content (AvgIpc) is 2.71. The molecule has 0 amide bonds. The van der Waals surface area contributed by atoms with Gasteiger partial charge in [-0.2, -0.15) is 0 Å². The van der Waals surface area contributed by atoms with Gasteiger partial charge in [-0.25, -0.2) is 4.79 Å². The van der Waals surface area contributed by atoms with Gasteiger partial charge in [0, 0.05) is 5.92 Å². The summed E-state index contributed by atoms with van der Waals surface area (Å²) in [6.07, 6.45) is 1.92. The van der Waals surface area contributed by atoms with Crippen LogP contribution in [0.5, 0.6) is 5.75 Å². The molecule has 0 aliphatic heterocycles. The zero-order chi connectivity index (χ0) is 20.0. The van der Waals surface area contributed by atoms with E-state index < -0.39 is 11.6 Å². The molecule has 0 atom stereocenters. The van der Waals surface area contributed by atoms with Crippen LogP contribution in [0, 0.1) is 0 Å². The van der Waals surface area contributed by atoms with Crippen LogP contribution in [0.1, 0.15) is 42.9 Å². The van der Waals surface area contributed by atoms with Crippen molar-refractivity contribution in [2.45, 2.75) is 38.2 Å². The zero-order valence-electron chi connectivity index (χ0n) is 16.3. The normalized spacial score (nSPS) is 11.4. The highest BCUT2D eigenvalue weighted by molar-refractivity contribution is 5.76. The summed E-state index contributed by atoms with van der Waals surface area (Å²) in [5, 5.41) is 9.19. The maximum absolute atomic E-state index is 11.2. The molecule has 0 unspecified atom stereocenters. The predicted molar refractivity (Wildman–Crippen MR) is 112 cm³/mol. The van der Waals surface area contributed by atoms with Crippen molar-refractivity contribution < 1.29 is 14.6 Å². The molecule has 3 aromatic rings. The van der Waals surface area contributed by atoms with Crippen LogP contribution in [0.15, 0.2) is 84.9 Å². The molecule has 144 valence electrons. The third kappa shape index (κ3) is 5.01. The Kier molecular flexibility index (Phi) is 6.15. The molecule has 3 heteroatoms. The van der Waals surface area contributed by atoms with Gasteiger partial charge in [0.25, 0.3) is 0 Å². The van der Waals surface area contributed by atoms with Crippen molar-refractivity contribution in [3.05, 3.63) is 102 Å². The van der Waals surface area contributed by atoms with Gasteiger partial charge in [-0.05, 0) is 55.5 Å². The molecule has 28 heavy (non-hydrogen) atoms. The van der Waals surface area contributed by atoms with Crippen molar-refractivity contribution in [3.63, 3.8) is 0 Å². The molecule has 0 fully saturated rings. The van der Waals surface area contributed by atoms with E-state index in [-0.39, 0.29) is 0 Å². The Bertz CT molecular complexity index is 845. The van der Waals surface area contributed by atoms with Gasteiger partial charge in [-0.1, -0.05) is 72.8 Å². The number of carboxylic acids is 1. The number of rotatable bonds is 8. The van der Waals surface area contributed by atoms with E-state index in [1.165, 1.54) is 16.7 Å². The first-order chi connectivity index (χ1) is 13.5. The van der Waals surface area contributed by atoms with Gasteiger partial charge >= 0.3 is 5.97 Å². The summed E-state index contributed by atoms with van der Waals surface area (Å²) in [5.41, 5.74) is 2.60. The molecule has 0 saturated heterocycles. The van der Waals surface area contributed by atoms with E-state index in [9.17, 15) is 9.90 Å². The highest BCUT2D eigenvalue weighted by atomic mass is 16.5. The first-order valence-corrected chi connectivity index (χ1v) is 9.57. The summed E-state index contributed by atoms with van der Waals surface area (Å²) in [7, 11) is 0. The molecule has 1 N–H and O–H groups in total. The number of hydrogen-bond donors (Lipinski definition) is 1. The Labute approximate surface area is 166 Å². The van der Waals surface area contributed by atoms with E-state index in [1.807, 2.05) is 36.4 Å². The van der Waals surface area contributed by atoms with E-state index in [4.69, 9.17) is 4.74 Å². The number of hydrogen-bond acceptors (Lipinski definition) is 2. The Morgan fingerprint density at radius 2 is 1.36 bits per heavy atom. The topological polar surface area (TPSA) is 46.5 Å². The fourth-order valence-corrected chi connectivity index (χ4v) is 3.27. The van der Waals surface area contributed by atoms with Gasteiger partial charge in [0.15, 0.2) is 5.60 Å². The minimum Gasteiger partial charge on any atom is -0.478 e. The fraction of sp³-hybridized carbons (Fsp3) is 0.240. The largest absolute Gasteiger partial charge is 0.478 e. The Morgan fingerprint density at radius 3 is 1.82 bits per heavy atom. The number of aliphatic carboxylic acids is 1. The minimum atomic E-state index is -1.24. The summed E-state index contributed by atoms with van der Waals surface area (Å²) in [4.78, 5) is 11.2. The molecule has 0 aliphatic carbocycles. The SMILES string of the molecule is CC(C)(Oc1ccc(CCC(c2ccccc2)c2ccccc2)cc1)C(=O)O. The van der Waals surface area contributed by atoms with Crippen LogP contribution >= 0.6 is 0 Å². The maximum atomic E-state index is 11.2. The predicted octanol–water partition coefficient (Wildman–Crippen LogP) is 5.69. The molecule has 0 aliphatic rings. The van der Waals surface area contributed by atoms with Gasteiger partial charge in [-0.3, -0.25) is 0 Å². The van der Waals surface area contributed by atoms with Crippen molar-refractivity contribution in [2.75, 3.05) is 0 Å². The molecule has 0 radical (unpaired) electrons. The van der Waals surface area contributed by atoms with Gasteiger partial charge < -0.3 is 9.84 Å². The van der Waals surface area contributed by atoms with Crippen LogP contribution in [0.3, 0.4) is 0 Å². The van der Waals surface area contributed by atoms with Crippen LogP contribution in [0.2, 0.25) is 0 Å². The number of carboxylic acid groups (broad SMARTS) is 1. The Balaban J connectivity index is 1.71. The van der Waals surface area contributed by atoms with E-state index in [0.717, 1.165) is 12.8 Å². The third-order valence-electron chi connectivity index (χ3n) is 4.94. The second-order valence-electron chi connectivity index (χ2n) is 7.47. The van der Waals surface area contributed by atoms with Crippen molar-refractivity contribution in [3.8, 4) is 5.75 Å². The lowest BCUT2D eigenvalue weighted by atomic mass is 9.86. The van der Waals surface area contributed by atoms with Crippen LogP contribution in [0.25, 0.3) is 0 Å². The molecule has 3 rings (SSSR count). The first-order valence-electron chi connectivity index (χ1n) is 9.57. The number of benzene rings is 3. The second-order valence-corrected chi connectivity index (χ2v) is 7.47. The van der Waals surface area contributed by atoms with E-state index in [2.05, 4.69) is 48.5 Å². The minimum absolute atomic E-state index is 0.337. The number of aryl methyl sites for hydroxylation is 1. The summed E-state index contributed by atoms with van der Waals surface area (Å²) >= 11 is 0. The van der Waals surface area contributed by atoms with Crippen molar-refractivity contribution in [2.24, 2.45) is 0 Å². The van der Waals surface area contributed by atoms with E-state index in [0.29, 0.717) is 11.7 Å². The smallest absolute Gasteiger partial charge is 0.347 e. The Morgan fingerprint density at radius 1 is 0.857 bits per heavy atom. The molecule has 0 aromatic heterocycles. The average molecular weight is 374 g/mol. The standard InChI is InChI=1S/C25H26O3/c1-25(2,24(26)27)28-22-16-13-19(14-17-22)15-18-23(20-9-5-3-6-10-20)21-11-7-4-8-12-21/h3-14,16-17,23H,15,18H2,1-2H3,(H,26,27). The molecular formula is C25H26O3. The van der Waals surface area contributed by atoms with Crippen LogP contribution in [-0.4, -0.2) is 16.7 Å². The lowest BCUT2D eigenvalue weighted by molar-refractivity contribution is -0.152. The molecule has 3 nitrogen and oxygen atoms in total. The third-order valence-corrected chi connectivity index (χ3v) is 4.94. The highest BCUT2D eigenvalue weighted by Gasteiger charge is 2.29. The van der Waals surface area contributed by atoms with Crippen molar-refractivity contribution >= 4 is 5.97 Å². The van der Waals surface area contributed by atoms with Gasteiger partial charge in [0.05, 0.1) is 0 Å². The molecule has 0 saturated carbocycles. The molecule has 0 spiro atoms. The van der Waals surface area contributed by atoms with Crippen molar-refractivity contribution in [1.29, 1.82) is 0 Å². The lowest BCUT2D eigenvalue weighted by Crippen LogP contribution is -2.37. The monoisotopic (exact) mass is 374 g/mol. The van der Waals surface area contributed by atoms with Crippen LogP contribution < -0.4 is 4.74 Å². The van der Waals surface area contributed by atoms with Gasteiger partial charge in [0.2, 0.25) is 0 Å². The van der Waals surface area contributed by atoms with Crippen LogP contribution in [0.4, 0.5) is 0 Å². The fourth-order valence-electron chi connectivity index (χ4n) is 3.27.